The highest BCUT2D eigenvalue weighted by Gasteiger charge is 2.51. The molecule has 12 unspecified atom stereocenters. The largest absolute Gasteiger partial charge is 0.394 e. The molecule has 0 aromatic rings. The molecule has 1 amide bonds. The van der Waals surface area contributed by atoms with Crippen LogP contribution in [-0.4, -0.2) is 140 Å². The van der Waals surface area contributed by atoms with Gasteiger partial charge in [0.15, 0.2) is 12.6 Å². The van der Waals surface area contributed by atoms with Gasteiger partial charge in [-0.3, -0.25) is 4.79 Å². The van der Waals surface area contributed by atoms with Crippen LogP contribution in [0.4, 0.5) is 0 Å². The molecule has 2 fully saturated rings. The first-order valence-corrected chi connectivity index (χ1v) is 29.3. The Morgan fingerprint density at radius 2 is 0.909 bits per heavy atom. The molecule has 2 aliphatic rings. The second-order valence-electron chi connectivity index (χ2n) is 20.0. The van der Waals surface area contributed by atoms with Crippen molar-refractivity contribution in [3.63, 3.8) is 0 Å². The zero-order chi connectivity index (χ0) is 56.0. The highest BCUT2D eigenvalue weighted by molar-refractivity contribution is 5.76. The third-order valence-electron chi connectivity index (χ3n) is 13.4. The molecule has 14 nitrogen and oxygen atoms in total. The lowest BCUT2D eigenvalue weighted by atomic mass is 9.97. The van der Waals surface area contributed by atoms with Crippen molar-refractivity contribution < 1.29 is 64.6 Å². The number of allylic oxidation sites excluding steroid dienone is 19. The lowest BCUT2D eigenvalue weighted by Gasteiger charge is -2.46. The number of aliphatic hydroxyl groups excluding tert-OH is 8. The maximum Gasteiger partial charge on any atom is 0.220 e. The van der Waals surface area contributed by atoms with Crippen LogP contribution in [0.5, 0.6) is 0 Å². The van der Waals surface area contributed by atoms with Gasteiger partial charge >= 0.3 is 0 Å². The summed E-state index contributed by atoms with van der Waals surface area (Å²) in [5.74, 6) is -0.272. The molecule has 0 spiro atoms. The number of nitrogens with one attached hydrogen (secondary N) is 1. The van der Waals surface area contributed by atoms with E-state index in [1.807, 2.05) is 6.08 Å². The zero-order valence-corrected chi connectivity index (χ0v) is 46.9. The van der Waals surface area contributed by atoms with Crippen molar-refractivity contribution >= 4 is 5.91 Å². The van der Waals surface area contributed by atoms with Gasteiger partial charge in [-0.15, -0.1) is 0 Å². The van der Waals surface area contributed by atoms with Gasteiger partial charge in [-0.2, -0.15) is 0 Å². The van der Waals surface area contributed by atoms with Gasteiger partial charge in [-0.1, -0.05) is 187 Å². The molecule has 0 aromatic carbocycles. The molecule has 2 saturated heterocycles. The first kappa shape index (κ1) is 69.5. The summed E-state index contributed by atoms with van der Waals surface area (Å²) in [5.41, 5.74) is 0. The highest BCUT2D eigenvalue weighted by atomic mass is 16.7. The standard InChI is InChI=1S/C63H103NO13/c1-3-5-7-9-11-13-15-17-19-20-21-22-23-24-25-26-27-28-29-30-31-32-33-35-37-39-41-43-45-47-55(68)64-51(52(67)46-44-42-40-38-36-34-18-16-14-12-10-8-6-4-2)50-74-62-60(73)58(71)61(54(49-66)76-62)77-63-59(72)57(70)56(69)53(48-65)75-63/h5,7,11,13-14,16-17,19,21-22,24-25,27-28,30-31,36,38,44,46,51-54,56-63,65-67,69-73H,3-4,6,8-10,12,15,18,20,23,26,29,32-35,37,39-43,45,47-50H2,1-2H3,(H,64,68)/b7-5-,13-11-,16-14+,19-17-,22-21-,25-24-,28-27-,31-30-,38-36+,46-44+. The summed E-state index contributed by atoms with van der Waals surface area (Å²) in [7, 11) is 0. The van der Waals surface area contributed by atoms with Crippen molar-refractivity contribution in [3.8, 4) is 0 Å². The molecule has 9 N–H and O–H groups in total. The van der Waals surface area contributed by atoms with E-state index in [-0.39, 0.29) is 18.9 Å². The lowest BCUT2D eigenvalue weighted by molar-refractivity contribution is -0.359. The molecule has 77 heavy (non-hydrogen) atoms. The van der Waals surface area contributed by atoms with Crippen LogP contribution in [0.2, 0.25) is 0 Å². The van der Waals surface area contributed by atoms with Gasteiger partial charge in [0, 0.05) is 6.42 Å². The molecule has 2 rings (SSSR count). The van der Waals surface area contributed by atoms with Crippen LogP contribution in [0.3, 0.4) is 0 Å². The Morgan fingerprint density at radius 3 is 1.43 bits per heavy atom. The minimum absolute atomic E-state index is 0.248. The number of ether oxygens (including phenoxy) is 4. The molecule has 2 aliphatic heterocycles. The van der Waals surface area contributed by atoms with E-state index in [1.54, 1.807) is 6.08 Å². The summed E-state index contributed by atoms with van der Waals surface area (Å²) in [6.45, 7) is 2.59. The summed E-state index contributed by atoms with van der Waals surface area (Å²) in [6.07, 6.45) is 50.9. The van der Waals surface area contributed by atoms with Gasteiger partial charge < -0.3 is 65.1 Å². The Balaban J connectivity index is 1.75. The molecule has 12 atom stereocenters. The maximum absolute atomic E-state index is 13.2. The first-order valence-electron chi connectivity index (χ1n) is 29.3. The summed E-state index contributed by atoms with van der Waals surface area (Å²) in [5, 5.41) is 86.9. The number of aliphatic hydroxyl groups is 8. The average Bonchev–Trinajstić information content (AvgIpc) is 3.43. The van der Waals surface area contributed by atoms with Gasteiger partial charge in [-0.25, -0.2) is 0 Å². The van der Waals surface area contributed by atoms with Crippen molar-refractivity contribution in [2.75, 3.05) is 19.8 Å². The Hall–Kier alpha value is -3.61. The molecule has 0 aromatic heterocycles. The molecule has 0 bridgehead atoms. The van der Waals surface area contributed by atoms with E-state index in [4.69, 9.17) is 18.9 Å². The van der Waals surface area contributed by atoms with Crippen LogP contribution in [0.25, 0.3) is 0 Å². The lowest BCUT2D eigenvalue weighted by Crippen LogP contribution is -2.65. The number of hydrogen-bond acceptors (Lipinski definition) is 13. The van der Waals surface area contributed by atoms with Crippen molar-refractivity contribution in [1.29, 1.82) is 0 Å². The third-order valence-corrected chi connectivity index (χ3v) is 13.4. The second-order valence-corrected chi connectivity index (χ2v) is 20.0. The normalized spacial score (nSPS) is 25.6. The topological polar surface area (TPSA) is 228 Å². The predicted octanol–water partition coefficient (Wildman–Crippen LogP) is 9.83. The number of unbranched alkanes of at least 4 members (excludes halogenated alkanes) is 13. The molecule has 0 radical (unpaired) electrons. The third kappa shape index (κ3) is 32.9. The Kier molecular flexibility index (Phi) is 42.6. The Morgan fingerprint density at radius 1 is 0.481 bits per heavy atom. The van der Waals surface area contributed by atoms with Crippen molar-refractivity contribution in [2.24, 2.45) is 0 Å². The monoisotopic (exact) mass is 1080 g/mol. The van der Waals surface area contributed by atoms with Crippen LogP contribution < -0.4 is 5.32 Å². The summed E-state index contributed by atoms with van der Waals surface area (Å²) in [6, 6.07) is -0.952. The van der Waals surface area contributed by atoms with Crippen molar-refractivity contribution in [3.05, 3.63) is 122 Å². The molecule has 0 saturated carbocycles. The summed E-state index contributed by atoms with van der Waals surface area (Å²) >= 11 is 0. The van der Waals surface area contributed by atoms with E-state index in [9.17, 15) is 45.6 Å². The fourth-order valence-electron chi connectivity index (χ4n) is 8.65. The number of hydrogen-bond donors (Lipinski definition) is 9. The van der Waals surface area contributed by atoms with Gasteiger partial charge in [0.25, 0.3) is 0 Å². The SMILES string of the molecule is CC/C=C\C/C=C\C/C=C\C/C=C\C/C=C\C/C=C\C/C=C\CCCCCCCCCC(=O)NC(COC1OC(CO)C(OC2OC(CO)C(O)C(O)C2O)C(O)C1O)C(O)/C=C/CC/C=C/CC/C=C/CCCCCC. The predicted molar refractivity (Wildman–Crippen MR) is 308 cm³/mol. The van der Waals surface area contributed by atoms with Crippen LogP contribution >= 0.6 is 0 Å². The smallest absolute Gasteiger partial charge is 0.220 e. The maximum atomic E-state index is 13.2. The van der Waals surface area contributed by atoms with Crippen molar-refractivity contribution in [1.82, 2.24) is 5.32 Å². The van der Waals surface area contributed by atoms with E-state index >= 15 is 0 Å². The summed E-state index contributed by atoms with van der Waals surface area (Å²) < 4.78 is 22.7. The fourth-order valence-corrected chi connectivity index (χ4v) is 8.65. The van der Waals surface area contributed by atoms with Gasteiger partial charge in [0.1, 0.15) is 48.8 Å². The van der Waals surface area contributed by atoms with Gasteiger partial charge in [-0.05, 0) is 103 Å². The Labute approximate surface area is 463 Å². The molecule has 438 valence electrons. The number of carbonyl (C=O) groups excluding carboxylic acids is 1. The quantitative estimate of drug-likeness (QED) is 0.0205. The van der Waals surface area contributed by atoms with E-state index in [0.29, 0.717) is 12.8 Å². The first-order chi connectivity index (χ1) is 37.6. The minimum atomic E-state index is -1.80. The number of rotatable bonds is 44. The zero-order valence-electron chi connectivity index (χ0n) is 46.9. The van der Waals surface area contributed by atoms with Crippen LogP contribution in [0.1, 0.15) is 174 Å². The van der Waals surface area contributed by atoms with Crippen molar-refractivity contribution in [2.45, 2.75) is 248 Å². The number of amides is 1. The van der Waals surface area contributed by atoms with Crippen LogP contribution in [-0.2, 0) is 23.7 Å². The molecule has 2 heterocycles. The molecule has 0 aliphatic carbocycles. The Bertz CT molecular complexity index is 1750. The molecular weight excluding hydrogens is 979 g/mol. The summed E-state index contributed by atoms with van der Waals surface area (Å²) in [4.78, 5) is 13.2. The van der Waals surface area contributed by atoms with Crippen LogP contribution in [0.15, 0.2) is 122 Å². The second kappa shape index (κ2) is 47.2. The average molecular weight is 1080 g/mol. The van der Waals surface area contributed by atoms with E-state index in [0.717, 1.165) is 116 Å². The fraction of sp³-hybridized carbons (Fsp3) is 0.667. The van der Waals surface area contributed by atoms with E-state index < -0.39 is 86.8 Å². The molecule has 14 heteroatoms. The van der Waals surface area contributed by atoms with Gasteiger partial charge in [0.05, 0.1) is 32.0 Å². The number of carbonyl (C=O) groups is 1. The van der Waals surface area contributed by atoms with E-state index in [2.05, 4.69) is 129 Å². The van der Waals surface area contributed by atoms with E-state index in [1.165, 1.54) is 25.7 Å². The van der Waals surface area contributed by atoms with Gasteiger partial charge in [0.2, 0.25) is 5.91 Å². The minimum Gasteiger partial charge on any atom is -0.394 e. The van der Waals surface area contributed by atoms with Crippen LogP contribution in [0, 0.1) is 0 Å². The highest BCUT2D eigenvalue weighted by Crippen LogP contribution is 2.30. The molecular formula is C63H103NO13.